The molecule has 4 nitrogen and oxygen atoms in total. The molecule has 1 aliphatic rings. The topological polar surface area (TPSA) is 45.7 Å². The summed E-state index contributed by atoms with van der Waals surface area (Å²) in [4.78, 5) is 3.85. The minimum atomic E-state index is -4.14. The van der Waals surface area contributed by atoms with Crippen LogP contribution >= 0.6 is 24.0 Å². The molecule has 0 saturated heterocycles. The summed E-state index contributed by atoms with van der Waals surface area (Å²) in [6.07, 6.45) is -1.64. The quantitative estimate of drug-likeness (QED) is 0.280. The summed E-state index contributed by atoms with van der Waals surface area (Å²) >= 11 is 0. The number of hydrogen-bond donors (Lipinski definition) is 2. The van der Waals surface area contributed by atoms with Crippen molar-refractivity contribution in [1.29, 1.82) is 0 Å². The molecule has 0 heterocycles. The lowest BCUT2D eigenvalue weighted by atomic mass is 10.4. The van der Waals surface area contributed by atoms with Gasteiger partial charge in [0.2, 0.25) is 0 Å². The molecule has 0 unspecified atom stereocenters. The second-order valence-corrected chi connectivity index (χ2v) is 4.66. The number of halogens is 4. The van der Waals surface area contributed by atoms with Crippen LogP contribution in [0.1, 0.15) is 25.7 Å². The predicted molar refractivity (Wildman–Crippen MR) is 83.6 cm³/mol. The molecule has 0 aromatic carbocycles. The van der Waals surface area contributed by atoms with Crippen LogP contribution in [0.5, 0.6) is 0 Å². The van der Waals surface area contributed by atoms with E-state index < -0.39 is 12.6 Å². The highest BCUT2D eigenvalue weighted by Crippen LogP contribution is 2.28. The summed E-state index contributed by atoms with van der Waals surface area (Å²) in [6, 6.07) is 0. The summed E-state index contributed by atoms with van der Waals surface area (Å²) in [5.74, 6) is 1.15. The Labute approximate surface area is 134 Å². The Morgan fingerprint density at radius 3 is 2.45 bits per heavy atom. The lowest BCUT2D eigenvalue weighted by molar-refractivity contribution is -0.132. The van der Waals surface area contributed by atoms with Gasteiger partial charge < -0.3 is 15.4 Å². The van der Waals surface area contributed by atoms with E-state index in [1.54, 1.807) is 0 Å². The maximum absolute atomic E-state index is 12.0. The van der Waals surface area contributed by atoms with Crippen molar-refractivity contribution in [2.24, 2.45) is 10.9 Å². The van der Waals surface area contributed by atoms with E-state index in [1.807, 2.05) is 0 Å². The molecule has 8 heteroatoms. The fraction of sp³-hybridized carbons (Fsp3) is 0.917. The summed E-state index contributed by atoms with van der Waals surface area (Å²) in [6.45, 7) is 1.97. The Morgan fingerprint density at radius 2 is 1.90 bits per heavy atom. The zero-order chi connectivity index (χ0) is 14.1. The van der Waals surface area contributed by atoms with Crippen molar-refractivity contribution < 1.29 is 17.9 Å². The standard InChI is InChI=1S/C12H22F3N3O.HI/c1-16-11(18-7-5-12(13,14)15)17-6-2-8-19-9-10-3-4-10;/h10H,2-9H2,1H3,(H2,16,17,18);1H. The van der Waals surface area contributed by atoms with Crippen LogP contribution in [-0.4, -0.2) is 45.5 Å². The first-order valence-corrected chi connectivity index (χ1v) is 6.60. The van der Waals surface area contributed by atoms with E-state index in [1.165, 1.54) is 19.9 Å². The van der Waals surface area contributed by atoms with Gasteiger partial charge in [0, 0.05) is 33.4 Å². The van der Waals surface area contributed by atoms with Crippen molar-refractivity contribution in [3.63, 3.8) is 0 Å². The van der Waals surface area contributed by atoms with Crippen LogP contribution in [-0.2, 0) is 4.74 Å². The molecule has 20 heavy (non-hydrogen) atoms. The number of aliphatic imine (C=N–C) groups is 1. The monoisotopic (exact) mass is 409 g/mol. The summed E-state index contributed by atoms with van der Waals surface area (Å²) < 4.78 is 41.3. The van der Waals surface area contributed by atoms with Crippen molar-refractivity contribution >= 4 is 29.9 Å². The zero-order valence-corrected chi connectivity index (χ0v) is 14.0. The van der Waals surface area contributed by atoms with Crippen LogP contribution in [0.3, 0.4) is 0 Å². The first-order valence-electron chi connectivity index (χ1n) is 6.60. The SMILES string of the molecule is CN=C(NCCCOCC1CC1)NCCC(F)(F)F.I. The smallest absolute Gasteiger partial charge is 0.381 e. The van der Waals surface area contributed by atoms with Gasteiger partial charge in [0.15, 0.2) is 5.96 Å². The predicted octanol–water partition coefficient (Wildman–Crippen LogP) is 2.54. The lowest BCUT2D eigenvalue weighted by Gasteiger charge is -2.12. The van der Waals surface area contributed by atoms with Crippen molar-refractivity contribution in [2.75, 3.05) is 33.4 Å². The van der Waals surface area contributed by atoms with Crippen LogP contribution in [0, 0.1) is 5.92 Å². The Balaban J connectivity index is 0.00000361. The van der Waals surface area contributed by atoms with Crippen molar-refractivity contribution in [1.82, 2.24) is 10.6 Å². The first kappa shape index (κ1) is 19.8. The van der Waals surface area contributed by atoms with E-state index >= 15 is 0 Å². The third-order valence-electron chi connectivity index (χ3n) is 2.73. The van der Waals surface area contributed by atoms with Crippen LogP contribution in [0.2, 0.25) is 0 Å². The van der Waals surface area contributed by atoms with E-state index in [0.29, 0.717) is 19.1 Å². The first-order chi connectivity index (χ1) is 9.01. The van der Waals surface area contributed by atoms with Crippen molar-refractivity contribution in [2.45, 2.75) is 31.9 Å². The number of nitrogens with one attached hydrogen (secondary N) is 2. The van der Waals surface area contributed by atoms with Gasteiger partial charge in [-0.25, -0.2) is 0 Å². The molecule has 0 spiro atoms. The number of hydrogen-bond acceptors (Lipinski definition) is 2. The minimum absolute atomic E-state index is 0. The molecule has 0 atom stereocenters. The van der Waals surface area contributed by atoms with Gasteiger partial charge in [0.05, 0.1) is 6.42 Å². The molecule has 1 fully saturated rings. The van der Waals surface area contributed by atoms with E-state index in [0.717, 1.165) is 18.9 Å². The molecule has 2 N–H and O–H groups in total. The largest absolute Gasteiger partial charge is 0.390 e. The van der Waals surface area contributed by atoms with Gasteiger partial charge in [-0.2, -0.15) is 13.2 Å². The number of ether oxygens (including phenoxy) is 1. The highest BCUT2D eigenvalue weighted by Gasteiger charge is 2.26. The van der Waals surface area contributed by atoms with Crippen LogP contribution in [0.15, 0.2) is 4.99 Å². The van der Waals surface area contributed by atoms with Crippen LogP contribution < -0.4 is 10.6 Å². The maximum atomic E-state index is 12.0. The summed E-state index contributed by atoms with van der Waals surface area (Å²) in [5, 5.41) is 5.57. The van der Waals surface area contributed by atoms with E-state index in [-0.39, 0.29) is 30.5 Å². The molecule has 0 aliphatic heterocycles. The Morgan fingerprint density at radius 1 is 1.25 bits per heavy atom. The van der Waals surface area contributed by atoms with Gasteiger partial charge >= 0.3 is 6.18 Å². The van der Waals surface area contributed by atoms with E-state index in [9.17, 15) is 13.2 Å². The van der Waals surface area contributed by atoms with E-state index in [2.05, 4.69) is 15.6 Å². The van der Waals surface area contributed by atoms with Gasteiger partial charge in [-0.05, 0) is 25.2 Å². The molecule has 0 amide bonds. The number of guanidine groups is 1. The van der Waals surface area contributed by atoms with Crippen molar-refractivity contribution in [3.05, 3.63) is 0 Å². The number of nitrogens with zero attached hydrogens (tertiary/aromatic N) is 1. The average molecular weight is 409 g/mol. The van der Waals surface area contributed by atoms with Gasteiger partial charge in [-0.3, -0.25) is 4.99 Å². The van der Waals surface area contributed by atoms with Gasteiger partial charge in [-0.15, -0.1) is 24.0 Å². The third-order valence-corrected chi connectivity index (χ3v) is 2.73. The maximum Gasteiger partial charge on any atom is 0.390 e. The summed E-state index contributed by atoms with van der Waals surface area (Å²) in [5.41, 5.74) is 0. The Kier molecular flexibility index (Phi) is 10.3. The van der Waals surface area contributed by atoms with Gasteiger partial charge in [0.1, 0.15) is 0 Å². The van der Waals surface area contributed by atoms with Gasteiger partial charge in [-0.1, -0.05) is 0 Å². The molecule has 0 aromatic rings. The highest BCUT2D eigenvalue weighted by molar-refractivity contribution is 14.0. The lowest BCUT2D eigenvalue weighted by Crippen LogP contribution is -2.39. The molecule has 1 rings (SSSR count). The Hall–Kier alpha value is -0.250. The normalized spacial score (nSPS) is 15.7. The van der Waals surface area contributed by atoms with E-state index in [4.69, 9.17) is 4.74 Å². The molecule has 1 aliphatic carbocycles. The van der Waals surface area contributed by atoms with Gasteiger partial charge in [0.25, 0.3) is 0 Å². The molecule has 0 radical (unpaired) electrons. The Bertz CT molecular complexity index is 284. The molecule has 0 bridgehead atoms. The zero-order valence-electron chi connectivity index (χ0n) is 11.6. The second kappa shape index (κ2) is 10.5. The molecular formula is C12H23F3IN3O. The molecule has 0 aromatic heterocycles. The molecule has 120 valence electrons. The molecular weight excluding hydrogens is 386 g/mol. The fourth-order valence-electron chi connectivity index (χ4n) is 1.46. The molecule has 1 saturated carbocycles. The highest BCUT2D eigenvalue weighted by atomic mass is 127. The summed E-state index contributed by atoms with van der Waals surface area (Å²) in [7, 11) is 1.53. The number of alkyl halides is 3. The number of rotatable bonds is 8. The minimum Gasteiger partial charge on any atom is -0.381 e. The van der Waals surface area contributed by atoms with Crippen molar-refractivity contribution in [3.8, 4) is 0 Å². The average Bonchev–Trinajstić information content (AvgIpc) is 3.13. The van der Waals surface area contributed by atoms with Crippen LogP contribution in [0.4, 0.5) is 13.2 Å². The third kappa shape index (κ3) is 11.6. The fourth-order valence-corrected chi connectivity index (χ4v) is 1.46. The second-order valence-electron chi connectivity index (χ2n) is 4.66. The van der Waals surface area contributed by atoms with Crippen LogP contribution in [0.25, 0.3) is 0 Å².